The van der Waals surface area contributed by atoms with Gasteiger partial charge in [0.15, 0.2) is 5.82 Å². The van der Waals surface area contributed by atoms with Crippen molar-refractivity contribution in [2.45, 2.75) is 19.9 Å². The smallest absolute Gasteiger partial charge is 0.250 e. The second kappa shape index (κ2) is 5.70. The molecule has 3 heterocycles. The lowest BCUT2D eigenvalue weighted by atomic mass is 10.3. The molecule has 0 aromatic carbocycles. The number of hydrogen-bond acceptors (Lipinski definition) is 7. The van der Waals surface area contributed by atoms with Crippen LogP contribution in [0.2, 0.25) is 0 Å². The van der Waals surface area contributed by atoms with E-state index in [1.54, 1.807) is 18.3 Å². The highest BCUT2D eigenvalue weighted by Crippen LogP contribution is 2.27. The maximum Gasteiger partial charge on any atom is 0.250 e. The topological polar surface area (TPSA) is 85.6 Å². The molecule has 1 unspecified atom stereocenters. The lowest BCUT2D eigenvalue weighted by Gasteiger charge is -2.09. The number of nitrogens with one attached hydrogen (secondary N) is 1. The van der Waals surface area contributed by atoms with Crippen LogP contribution in [-0.2, 0) is 4.79 Å². The average Bonchev–Trinajstić information content (AvgIpc) is 3.17. The Morgan fingerprint density at radius 3 is 2.95 bits per heavy atom. The van der Waals surface area contributed by atoms with Crippen molar-refractivity contribution in [2.75, 3.05) is 5.32 Å². The normalized spacial score (nSPS) is 12.3. The summed E-state index contributed by atoms with van der Waals surface area (Å²) in [5.41, 5.74) is 0. The van der Waals surface area contributed by atoms with Crippen molar-refractivity contribution in [3.8, 4) is 10.7 Å². The fourth-order valence-corrected chi connectivity index (χ4v) is 3.12. The zero-order valence-electron chi connectivity index (χ0n) is 11.3. The van der Waals surface area contributed by atoms with E-state index in [9.17, 15) is 4.79 Å². The monoisotopic (exact) mass is 320 g/mol. The molecule has 108 valence electrons. The number of thiophene rings is 1. The van der Waals surface area contributed by atoms with Crippen molar-refractivity contribution >= 4 is 33.9 Å². The van der Waals surface area contributed by atoms with Crippen molar-refractivity contribution < 1.29 is 4.79 Å². The van der Waals surface area contributed by atoms with Crippen LogP contribution in [0.1, 0.15) is 17.8 Å². The van der Waals surface area contributed by atoms with Gasteiger partial charge in [0.1, 0.15) is 18.7 Å². The first kappa shape index (κ1) is 13.8. The lowest BCUT2D eigenvalue weighted by Crippen LogP contribution is -2.23. The highest BCUT2D eigenvalue weighted by atomic mass is 32.1. The highest BCUT2D eigenvalue weighted by Gasteiger charge is 2.18. The molecule has 0 aliphatic heterocycles. The molecule has 1 atom stereocenters. The Bertz CT molecular complexity index is 747. The van der Waals surface area contributed by atoms with Gasteiger partial charge in [0.2, 0.25) is 5.13 Å². The van der Waals surface area contributed by atoms with Gasteiger partial charge in [0.05, 0.1) is 4.88 Å². The van der Waals surface area contributed by atoms with Crippen LogP contribution in [0.15, 0.2) is 24.8 Å². The van der Waals surface area contributed by atoms with Crippen molar-refractivity contribution in [3.63, 3.8) is 0 Å². The first-order valence-electron chi connectivity index (χ1n) is 6.19. The van der Waals surface area contributed by atoms with Gasteiger partial charge in [-0.1, -0.05) is 0 Å². The zero-order valence-corrected chi connectivity index (χ0v) is 13.0. The van der Waals surface area contributed by atoms with E-state index in [4.69, 9.17) is 0 Å². The minimum absolute atomic E-state index is 0.203. The van der Waals surface area contributed by atoms with Gasteiger partial charge in [-0.15, -0.1) is 11.3 Å². The number of carbonyl (C=O) groups is 1. The molecule has 3 aromatic heterocycles. The fraction of sp³-hybridized carbons (Fsp3) is 0.250. The largest absolute Gasteiger partial charge is 0.299 e. The Hall–Kier alpha value is -2.13. The molecule has 1 N–H and O–H groups in total. The minimum Gasteiger partial charge on any atom is -0.299 e. The standard InChI is InChI=1S/C12H12N6OS2/c1-7-3-4-9(20-7)10-15-12(21-17-10)16-11(19)8(2)18-6-13-5-14-18/h3-6,8H,1-2H3,(H,15,16,17,19). The van der Waals surface area contributed by atoms with Crippen LogP contribution in [0, 0.1) is 6.92 Å². The number of amides is 1. The van der Waals surface area contributed by atoms with Crippen molar-refractivity contribution in [3.05, 3.63) is 29.7 Å². The number of anilines is 1. The number of aromatic nitrogens is 5. The molecule has 3 aromatic rings. The van der Waals surface area contributed by atoms with E-state index in [1.165, 1.54) is 22.2 Å². The zero-order chi connectivity index (χ0) is 14.8. The van der Waals surface area contributed by atoms with Gasteiger partial charge in [-0.05, 0) is 26.0 Å². The van der Waals surface area contributed by atoms with Crippen molar-refractivity contribution in [1.29, 1.82) is 0 Å². The molecular weight excluding hydrogens is 308 g/mol. The lowest BCUT2D eigenvalue weighted by molar-refractivity contribution is -0.119. The Kier molecular flexibility index (Phi) is 3.76. The minimum atomic E-state index is -0.455. The van der Waals surface area contributed by atoms with E-state index in [1.807, 2.05) is 19.1 Å². The molecule has 7 nitrogen and oxygen atoms in total. The molecule has 0 spiro atoms. The summed E-state index contributed by atoms with van der Waals surface area (Å²) in [6, 6.07) is 3.54. The summed E-state index contributed by atoms with van der Waals surface area (Å²) in [5, 5.41) is 7.18. The third kappa shape index (κ3) is 2.98. The fourth-order valence-electron chi connectivity index (χ4n) is 1.68. The molecule has 0 bridgehead atoms. The number of hydrogen-bond donors (Lipinski definition) is 1. The molecule has 0 aliphatic rings. The number of aryl methyl sites for hydroxylation is 1. The van der Waals surface area contributed by atoms with E-state index < -0.39 is 6.04 Å². The summed E-state index contributed by atoms with van der Waals surface area (Å²) < 4.78 is 5.75. The van der Waals surface area contributed by atoms with Gasteiger partial charge in [-0.25, -0.2) is 9.67 Å². The van der Waals surface area contributed by atoms with Gasteiger partial charge in [0, 0.05) is 16.4 Å². The summed E-state index contributed by atoms with van der Waals surface area (Å²) in [5.74, 6) is 0.437. The maximum absolute atomic E-state index is 12.1. The summed E-state index contributed by atoms with van der Waals surface area (Å²) in [6.07, 6.45) is 2.90. The first-order chi connectivity index (χ1) is 10.1. The SMILES string of the molecule is Cc1ccc(-c2nsc(NC(=O)C(C)n3cncn3)n2)s1. The molecule has 3 rings (SSSR count). The quantitative estimate of drug-likeness (QED) is 0.797. The van der Waals surface area contributed by atoms with Gasteiger partial charge in [0.25, 0.3) is 5.91 Å². The Labute approximate surface area is 128 Å². The molecule has 0 aliphatic carbocycles. The van der Waals surface area contributed by atoms with Crippen molar-refractivity contribution in [2.24, 2.45) is 0 Å². The van der Waals surface area contributed by atoms with Crippen LogP contribution in [-0.4, -0.2) is 30.0 Å². The van der Waals surface area contributed by atoms with Crippen LogP contribution in [0.5, 0.6) is 0 Å². The van der Waals surface area contributed by atoms with Crippen molar-refractivity contribution in [1.82, 2.24) is 24.1 Å². The third-order valence-electron chi connectivity index (χ3n) is 2.83. The molecule has 0 saturated carbocycles. The van der Waals surface area contributed by atoms with Crippen LogP contribution in [0.3, 0.4) is 0 Å². The second-order valence-electron chi connectivity index (χ2n) is 4.37. The molecule has 1 amide bonds. The highest BCUT2D eigenvalue weighted by molar-refractivity contribution is 7.15. The van der Waals surface area contributed by atoms with Crippen LogP contribution >= 0.6 is 22.9 Å². The number of rotatable bonds is 4. The van der Waals surface area contributed by atoms with E-state index in [0.717, 1.165) is 16.4 Å². The van der Waals surface area contributed by atoms with Crippen LogP contribution < -0.4 is 5.32 Å². The molecule has 0 radical (unpaired) electrons. The number of carbonyl (C=O) groups excluding carboxylic acids is 1. The summed E-state index contributed by atoms with van der Waals surface area (Å²) in [6.45, 7) is 3.78. The van der Waals surface area contributed by atoms with Gasteiger partial charge in [-0.3, -0.25) is 10.1 Å². The average molecular weight is 320 g/mol. The molecule has 21 heavy (non-hydrogen) atoms. The molecule has 0 saturated heterocycles. The summed E-state index contributed by atoms with van der Waals surface area (Å²) >= 11 is 2.79. The molecule has 9 heteroatoms. The van der Waals surface area contributed by atoms with E-state index in [-0.39, 0.29) is 5.91 Å². The molecular formula is C12H12N6OS2. The predicted molar refractivity (Wildman–Crippen MR) is 81.3 cm³/mol. The van der Waals surface area contributed by atoms with Gasteiger partial charge < -0.3 is 0 Å². The van der Waals surface area contributed by atoms with Gasteiger partial charge in [-0.2, -0.15) is 14.5 Å². The van der Waals surface area contributed by atoms with E-state index in [0.29, 0.717) is 11.0 Å². The van der Waals surface area contributed by atoms with E-state index in [2.05, 4.69) is 24.8 Å². The first-order valence-corrected chi connectivity index (χ1v) is 7.78. The maximum atomic E-state index is 12.1. The summed E-state index contributed by atoms with van der Waals surface area (Å²) in [7, 11) is 0. The second-order valence-corrected chi connectivity index (χ2v) is 6.41. The van der Waals surface area contributed by atoms with Crippen LogP contribution in [0.4, 0.5) is 5.13 Å². The summed E-state index contributed by atoms with van der Waals surface area (Å²) in [4.78, 5) is 22.5. The Morgan fingerprint density at radius 1 is 1.43 bits per heavy atom. The Balaban J connectivity index is 1.71. The van der Waals surface area contributed by atoms with Gasteiger partial charge >= 0.3 is 0 Å². The van der Waals surface area contributed by atoms with Crippen LogP contribution in [0.25, 0.3) is 10.7 Å². The Morgan fingerprint density at radius 2 is 2.29 bits per heavy atom. The third-order valence-corrected chi connectivity index (χ3v) is 4.46. The van der Waals surface area contributed by atoms with E-state index >= 15 is 0 Å². The number of nitrogens with zero attached hydrogens (tertiary/aromatic N) is 5. The predicted octanol–water partition coefficient (Wildman–Crippen LogP) is 2.37. The molecule has 0 fully saturated rings.